The molecule has 0 unspecified atom stereocenters. The Hall–Kier alpha value is -3.48. The molecular weight excluding hydrogens is 316 g/mol. The van der Waals surface area contributed by atoms with Crippen molar-refractivity contribution in [3.63, 3.8) is 0 Å². The first-order valence-electron chi connectivity index (χ1n) is 7.88. The first-order valence-corrected chi connectivity index (χ1v) is 7.88. The summed E-state index contributed by atoms with van der Waals surface area (Å²) in [6.07, 6.45) is 3.28. The lowest BCUT2D eigenvalue weighted by molar-refractivity contribution is 0.102. The van der Waals surface area contributed by atoms with Crippen molar-refractivity contribution in [2.24, 2.45) is 0 Å². The summed E-state index contributed by atoms with van der Waals surface area (Å²) in [5.74, 6) is 0.235. The number of aromatic amines is 1. The molecule has 4 aromatic rings. The van der Waals surface area contributed by atoms with Gasteiger partial charge in [0.15, 0.2) is 11.5 Å². The lowest BCUT2D eigenvalue weighted by atomic mass is 10.2. The van der Waals surface area contributed by atoms with Crippen molar-refractivity contribution in [3.8, 4) is 0 Å². The highest BCUT2D eigenvalue weighted by Gasteiger charge is 2.12. The molecule has 0 aliphatic rings. The summed E-state index contributed by atoms with van der Waals surface area (Å²) in [6.45, 7) is 2.51. The predicted octanol–water partition coefficient (Wildman–Crippen LogP) is 2.76. The average Bonchev–Trinajstić information content (AvgIpc) is 3.22. The maximum atomic E-state index is 12.3. The second-order valence-electron chi connectivity index (χ2n) is 5.81. The van der Waals surface area contributed by atoms with Crippen LogP contribution < -0.4 is 5.32 Å². The first-order chi connectivity index (χ1) is 12.2. The van der Waals surface area contributed by atoms with Crippen molar-refractivity contribution < 1.29 is 4.79 Å². The SMILES string of the molecule is Cc1cc(NC(=O)c2cnc3c(cnn3Cc3ccccc3)c2)n[nH]1. The number of aromatic nitrogens is 5. The van der Waals surface area contributed by atoms with Gasteiger partial charge in [0.2, 0.25) is 0 Å². The summed E-state index contributed by atoms with van der Waals surface area (Å²) in [5.41, 5.74) is 3.24. The number of hydrogen-bond acceptors (Lipinski definition) is 4. The fraction of sp³-hybridized carbons (Fsp3) is 0.111. The van der Waals surface area contributed by atoms with Crippen LogP contribution in [0.5, 0.6) is 0 Å². The number of H-pyrrole nitrogens is 1. The van der Waals surface area contributed by atoms with Crippen molar-refractivity contribution in [2.75, 3.05) is 5.32 Å². The number of anilines is 1. The quantitative estimate of drug-likeness (QED) is 0.601. The molecule has 1 amide bonds. The van der Waals surface area contributed by atoms with Crippen LogP contribution in [0.1, 0.15) is 21.6 Å². The molecule has 0 radical (unpaired) electrons. The monoisotopic (exact) mass is 332 g/mol. The lowest BCUT2D eigenvalue weighted by Crippen LogP contribution is -2.12. The zero-order chi connectivity index (χ0) is 17.2. The molecule has 3 heterocycles. The zero-order valence-corrected chi connectivity index (χ0v) is 13.6. The van der Waals surface area contributed by atoms with Gasteiger partial charge in [0.25, 0.3) is 5.91 Å². The number of benzene rings is 1. The van der Waals surface area contributed by atoms with Gasteiger partial charge in [0, 0.05) is 23.3 Å². The fourth-order valence-electron chi connectivity index (χ4n) is 2.64. The van der Waals surface area contributed by atoms with Crippen LogP contribution in [0.3, 0.4) is 0 Å². The summed E-state index contributed by atoms with van der Waals surface area (Å²) < 4.78 is 1.82. The summed E-state index contributed by atoms with van der Waals surface area (Å²) in [4.78, 5) is 16.7. The van der Waals surface area contributed by atoms with Crippen LogP contribution in [0.4, 0.5) is 5.82 Å². The minimum atomic E-state index is -0.253. The van der Waals surface area contributed by atoms with Gasteiger partial charge in [-0.3, -0.25) is 9.89 Å². The molecule has 0 spiro atoms. The Morgan fingerprint density at radius 3 is 2.80 bits per heavy atom. The van der Waals surface area contributed by atoms with Gasteiger partial charge >= 0.3 is 0 Å². The van der Waals surface area contributed by atoms with Gasteiger partial charge in [-0.1, -0.05) is 30.3 Å². The Labute approximate surface area is 143 Å². The highest BCUT2D eigenvalue weighted by molar-refractivity contribution is 6.05. The highest BCUT2D eigenvalue weighted by Crippen LogP contribution is 2.16. The summed E-state index contributed by atoms with van der Waals surface area (Å²) in [7, 11) is 0. The van der Waals surface area contributed by atoms with E-state index in [0.717, 1.165) is 22.3 Å². The normalized spacial score (nSPS) is 10.9. The van der Waals surface area contributed by atoms with Crippen LogP contribution in [-0.4, -0.2) is 30.9 Å². The Bertz CT molecular complexity index is 1030. The maximum absolute atomic E-state index is 12.3. The average molecular weight is 332 g/mol. The molecule has 0 atom stereocenters. The van der Waals surface area contributed by atoms with Crippen LogP contribution in [-0.2, 0) is 6.54 Å². The summed E-state index contributed by atoms with van der Waals surface area (Å²) in [5, 5.41) is 14.7. The molecule has 7 heteroatoms. The smallest absolute Gasteiger partial charge is 0.258 e. The van der Waals surface area contributed by atoms with E-state index >= 15 is 0 Å². The third-order valence-electron chi connectivity index (χ3n) is 3.86. The van der Waals surface area contributed by atoms with Gasteiger partial charge in [-0.25, -0.2) is 9.67 Å². The van der Waals surface area contributed by atoms with Crippen molar-refractivity contribution in [2.45, 2.75) is 13.5 Å². The number of pyridine rings is 1. The molecule has 0 bridgehead atoms. The summed E-state index contributed by atoms with van der Waals surface area (Å²) in [6, 6.07) is 13.6. The number of carbonyl (C=O) groups is 1. The van der Waals surface area contributed by atoms with E-state index in [0.29, 0.717) is 17.9 Å². The van der Waals surface area contributed by atoms with Gasteiger partial charge in [0.1, 0.15) is 0 Å². The van der Waals surface area contributed by atoms with Gasteiger partial charge in [0.05, 0.1) is 18.3 Å². The number of rotatable bonds is 4. The number of carbonyl (C=O) groups excluding carboxylic acids is 1. The molecule has 0 aliphatic heterocycles. The zero-order valence-electron chi connectivity index (χ0n) is 13.6. The van der Waals surface area contributed by atoms with Gasteiger partial charge in [-0.15, -0.1) is 0 Å². The summed E-state index contributed by atoms with van der Waals surface area (Å²) >= 11 is 0. The first kappa shape index (κ1) is 15.1. The number of amides is 1. The van der Waals surface area contributed by atoms with Gasteiger partial charge in [-0.2, -0.15) is 10.2 Å². The van der Waals surface area contributed by atoms with E-state index in [9.17, 15) is 4.79 Å². The molecule has 1 aromatic carbocycles. The van der Waals surface area contributed by atoms with E-state index in [1.165, 1.54) is 0 Å². The molecule has 124 valence electrons. The van der Waals surface area contributed by atoms with E-state index < -0.39 is 0 Å². The van der Waals surface area contributed by atoms with Gasteiger partial charge in [-0.05, 0) is 18.6 Å². The highest BCUT2D eigenvalue weighted by atomic mass is 16.1. The Balaban J connectivity index is 1.57. The largest absolute Gasteiger partial charge is 0.305 e. The van der Waals surface area contributed by atoms with E-state index in [1.807, 2.05) is 41.9 Å². The van der Waals surface area contributed by atoms with Crippen molar-refractivity contribution >= 4 is 22.8 Å². The van der Waals surface area contributed by atoms with Crippen LogP contribution in [0.15, 0.2) is 54.9 Å². The van der Waals surface area contributed by atoms with E-state index in [-0.39, 0.29) is 5.91 Å². The molecule has 25 heavy (non-hydrogen) atoms. The fourth-order valence-corrected chi connectivity index (χ4v) is 2.64. The number of aryl methyl sites for hydroxylation is 1. The van der Waals surface area contributed by atoms with E-state index in [2.05, 4.69) is 25.6 Å². The molecule has 0 saturated carbocycles. The second-order valence-corrected chi connectivity index (χ2v) is 5.81. The standard InChI is InChI=1S/C18H16N6O/c1-12-7-16(23-22-12)21-18(25)15-8-14-10-20-24(17(14)19-9-15)11-13-5-3-2-4-6-13/h2-10H,11H2,1H3,(H2,21,22,23,25). The third-order valence-corrected chi connectivity index (χ3v) is 3.86. The minimum Gasteiger partial charge on any atom is -0.305 e. The second kappa shape index (κ2) is 6.20. The van der Waals surface area contributed by atoms with E-state index in [4.69, 9.17) is 0 Å². The van der Waals surface area contributed by atoms with Crippen LogP contribution >= 0.6 is 0 Å². The van der Waals surface area contributed by atoms with E-state index in [1.54, 1.807) is 24.5 Å². The topological polar surface area (TPSA) is 88.5 Å². The molecule has 7 nitrogen and oxygen atoms in total. The lowest BCUT2D eigenvalue weighted by Gasteiger charge is -2.04. The maximum Gasteiger partial charge on any atom is 0.258 e. The Morgan fingerprint density at radius 2 is 2.04 bits per heavy atom. The molecule has 2 N–H and O–H groups in total. The number of fused-ring (bicyclic) bond motifs is 1. The molecule has 4 rings (SSSR count). The predicted molar refractivity (Wildman–Crippen MR) is 94.3 cm³/mol. The molecular formula is C18H16N6O. The molecule has 0 fully saturated rings. The molecule has 3 aromatic heterocycles. The minimum absolute atomic E-state index is 0.253. The van der Waals surface area contributed by atoms with Crippen LogP contribution in [0.25, 0.3) is 11.0 Å². The third kappa shape index (κ3) is 3.12. The number of nitrogens with one attached hydrogen (secondary N) is 2. The molecule has 0 saturated heterocycles. The van der Waals surface area contributed by atoms with Gasteiger partial charge < -0.3 is 5.32 Å². The number of nitrogens with zero attached hydrogens (tertiary/aromatic N) is 4. The Morgan fingerprint density at radius 1 is 1.20 bits per heavy atom. The van der Waals surface area contributed by atoms with Crippen molar-refractivity contribution in [1.29, 1.82) is 0 Å². The van der Waals surface area contributed by atoms with Crippen LogP contribution in [0.2, 0.25) is 0 Å². The van der Waals surface area contributed by atoms with Crippen molar-refractivity contribution in [3.05, 3.63) is 71.7 Å². The van der Waals surface area contributed by atoms with Crippen LogP contribution in [0, 0.1) is 6.92 Å². The molecule has 0 aliphatic carbocycles. The number of hydrogen-bond donors (Lipinski definition) is 2. The Kier molecular flexibility index (Phi) is 3.74. The van der Waals surface area contributed by atoms with Crippen molar-refractivity contribution in [1.82, 2.24) is 25.0 Å².